The van der Waals surface area contributed by atoms with Gasteiger partial charge in [-0.05, 0) is 37.1 Å². The lowest BCUT2D eigenvalue weighted by atomic mass is 10.0. The molecule has 1 amide bonds. The van der Waals surface area contributed by atoms with Crippen LogP contribution in [-0.2, 0) is 0 Å². The number of amides is 1. The Kier molecular flexibility index (Phi) is 4.75. The first-order valence-corrected chi connectivity index (χ1v) is 7.24. The van der Waals surface area contributed by atoms with E-state index in [1.54, 1.807) is 24.3 Å². The number of nitrogens with one attached hydrogen (secondary N) is 1. The van der Waals surface area contributed by atoms with Crippen molar-refractivity contribution >= 4 is 5.91 Å². The fraction of sp³-hybridized carbons (Fsp3) is 0.500. The van der Waals surface area contributed by atoms with Gasteiger partial charge < -0.3 is 10.2 Å². The average molecular weight is 271 g/mol. The summed E-state index contributed by atoms with van der Waals surface area (Å²) in [5.74, 6) is 0.0706. The molecule has 0 saturated carbocycles. The van der Waals surface area contributed by atoms with Crippen molar-refractivity contribution in [3.63, 3.8) is 0 Å². The van der Waals surface area contributed by atoms with E-state index in [0.717, 1.165) is 25.9 Å². The molecule has 1 aromatic carbocycles. The molecule has 1 heterocycles. The van der Waals surface area contributed by atoms with Crippen molar-refractivity contribution in [2.24, 2.45) is 0 Å². The van der Waals surface area contributed by atoms with E-state index in [9.17, 15) is 4.79 Å². The van der Waals surface area contributed by atoms with E-state index in [-0.39, 0.29) is 11.9 Å². The van der Waals surface area contributed by atoms with Crippen molar-refractivity contribution in [2.45, 2.75) is 38.8 Å². The predicted octanol–water partition coefficient (Wildman–Crippen LogP) is 2.16. The van der Waals surface area contributed by atoms with Crippen LogP contribution in [0.15, 0.2) is 24.3 Å². The van der Waals surface area contributed by atoms with Gasteiger partial charge in [0, 0.05) is 30.7 Å². The zero-order valence-corrected chi connectivity index (χ0v) is 12.1. The minimum absolute atomic E-state index is 0.0706. The molecular formula is C16H21N3O. The third-order valence-corrected chi connectivity index (χ3v) is 3.99. The molecule has 1 N–H and O–H groups in total. The first kappa shape index (κ1) is 14.5. The number of rotatable bonds is 3. The monoisotopic (exact) mass is 271 g/mol. The number of carbonyl (C=O) groups is 1. The largest absolute Gasteiger partial charge is 0.333 e. The second kappa shape index (κ2) is 6.53. The molecule has 1 aliphatic heterocycles. The Hall–Kier alpha value is -1.86. The molecule has 1 aliphatic rings. The average Bonchev–Trinajstić information content (AvgIpc) is 2.53. The molecule has 1 saturated heterocycles. The third kappa shape index (κ3) is 3.00. The Morgan fingerprint density at radius 2 is 2.05 bits per heavy atom. The maximum atomic E-state index is 12.6. The Balaban J connectivity index is 2.17. The highest BCUT2D eigenvalue weighted by atomic mass is 16.2. The quantitative estimate of drug-likeness (QED) is 0.916. The van der Waals surface area contributed by atoms with Crippen molar-refractivity contribution in [1.82, 2.24) is 10.2 Å². The van der Waals surface area contributed by atoms with Crippen LogP contribution in [0.5, 0.6) is 0 Å². The van der Waals surface area contributed by atoms with Crippen LogP contribution in [-0.4, -0.2) is 36.0 Å². The normalized spacial score (nSPS) is 22.4. The predicted molar refractivity (Wildman–Crippen MR) is 78.4 cm³/mol. The number of hydrogen-bond acceptors (Lipinski definition) is 3. The van der Waals surface area contributed by atoms with Crippen LogP contribution in [0.4, 0.5) is 0 Å². The number of benzene rings is 1. The lowest BCUT2D eigenvalue weighted by molar-refractivity contribution is 0.0576. The molecule has 2 rings (SSSR count). The summed E-state index contributed by atoms with van der Waals surface area (Å²) < 4.78 is 0. The molecule has 0 spiro atoms. The maximum absolute atomic E-state index is 12.6. The summed E-state index contributed by atoms with van der Waals surface area (Å²) in [6.07, 6.45) is 1.97. The minimum Gasteiger partial charge on any atom is -0.333 e. The van der Waals surface area contributed by atoms with E-state index in [4.69, 9.17) is 5.26 Å². The summed E-state index contributed by atoms with van der Waals surface area (Å²) in [6, 6.07) is 9.60. The smallest absolute Gasteiger partial charge is 0.254 e. The topological polar surface area (TPSA) is 56.1 Å². The van der Waals surface area contributed by atoms with Gasteiger partial charge in [-0.15, -0.1) is 0 Å². The Bertz CT molecular complexity index is 503. The van der Waals surface area contributed by atoms with Crippen molar-refractivity contribution in [2.75, 3.05) is 13.1 Å². The fourth-order valence-corrected chi connectivity index (χ4v) is 2.60. The molecule has 20 heavy (non-hydrogen) atoms. The van der Waals surface area contributed by atoms with Gasteiger partial charge in [-0.25, -0.2) is 0 Å². The maximum Gasteiger partial charge on any atom is 0.254 e. The molecule has 2 atom stereocenters. The SMILES string of the molecule is CCC1CN(C(=O)c2ccc(C#N)cc2)C(CC)CN1. The van der Waals surface area contributed by atoms with Gasteiger partial charge in [-0.3, -0.25) is 4.79 Å². The van der Waals surface area contributed by atoms with E-state index in [2.05, 4.69) is 25.2 Å². The molecule has 0 aromatic heterocycles. The summed E-state index contributed by atoms with van der Waals surface area (Å²) in [7, 11) is 0. The van der Waals surface area contributed by atoms with Crippen molar-refractivity contribution in [1.29, 1.82) is 5.26 Å². The van der Waals surface area contributed by atoms with Gasteiger partial charge >= 0.3 is 0 Å². The summed E-state index contributed by atoms with van der Waals surface area (Å²) in [6.45, 7) is 5.86. The molecule has 0 radical (unpaired) electrons. The number of nitrogens with zero attached hydrogens (tertiary/aromatic N) is 2. The summed E-state index contributed by atoms with van der Waals surface area (Å²) in [4.78, 5) is 14.6. The second-order valence-electron chi connectivity index (χ2n) is 5.22. The summed E-state index contributed by atoms with van der Waals surface area (Å²) in [5, 5.41) is 12.3. The van der Waals surface area contributed by atoms with Crippen LogP contribution >= 0.6 is 0 Å². The van der Waals surface area contributed by atoms with Crippen LogP contribution in [0.1, 0.15) is 42.6 Å². The zero-order chi connectivity index (χ0) is 14.5. The van der Waals surface area contributed by atoms with Gasteiger partial charge in [0.25, 0.3) is 5.91 Å². The molecule has 1 aromatic rings. The van der Waals surface area contributed by atoms with Crippen LogP contribution in [0, 0.1) is 11.3 Å². The van der Waals surface area contributed by atoms with Gasteiger partial charge in [0.1, 0.15) is 0 Å². The minimum atomic E-state index is 0.0706. The molecule has 4 heteroatoms. The number of carbonyl (C=O) groups excluding carboxylic acids is 1. The molecule has 2 unspecified atom stereocenters. The Morgan fingerprint density at radius 1 is 1.35 bits per heavy atom. The highest BCUT2D eigenvalue weighted by Crippen LogP contribution is 2.16. The first-order valence-electron chi connectivity index (χ1n) is 7.24. The van der Waals surface area contributed by atoms with E-state index in [0.29, 0.717) is 17.2 Å². The van der Waals surface area contributed by atoms with Crippen molar-refractivity contribution < 1.29 is 4.79 Å². The number of hydrogen-bond donors (Lipinski definition) is 1. The standard InChI is InChI=1S/C16H21N3O/c1-3-14-11-19(15(4-2)10-18-14)16(20)13-7-5-12(9-17)6-8-13/h5-8,14-15,18H,3-4,10-11H2,1-2H3. The number of nitriles is 1. The van der Waals surface area contributed by atoms with E-state index < -0.39 is 0 Å². The molecule has 0 bridgehead atoms. The molecule has 1 fully saturated rings. The number of piperazine rings is 1. The third-order valence-electron chi connectivity index (χ3n) is 3.99. The molecule has 4 nitrogen and oxygen atoms in total. The fourth-order valence-electron chi connectivity index (χ4n) is 2.60. The van der Waals surface area contributed by atoms with E-state index >= 15 is 0 Å². The van der Waals surface area contributed by atoms with Crippen LogP contribution in [0.2, 0.25) is 0 Å². The molecular weight excluding hydrogens is 250 g/mol. The van der Waals surface area contributed by atoms with Gasteiger partial charge in [0.05, 0.1) is 11.6 Å². The van der Waals surface area contributed by atoms with Crippen LogP contribution in [0.3, 0.4) is 0 Å². The lowest BCUT2D eigenvalue weighted by Gasteiger charge is -2.40. The zero-order valence-electron chi connectivity index (χ0n) is 12.1. The lowest BCUT2D eigenvalue weighted by Crippen LogP contribution is -2.57. The highest BCUT2D eigenvalue weighted by Gasteiger charge is 2.29. The Labute approximate surface area is 120 Å². The van der Waals surface area contributed by atoms with Gasteiger partial charge in [-0.1, -0.05) is 13.8 Å². The van der Waals surface area contributed by atoms with Gasteiger partial charge in [0.15, 0.2) is 0 Å². The van der Waals surface area contributed by atoms with Crippen molar-refractivity contribution in [3.8, 4) is 6.07 Å². The molecule has 0 aliphatic carbocycles. The highest BCUT2D eigenvalue weighted by molar-refractivity contribution is 5.94. The first-order chi connectivity index (χ1) is 9.69. The van der Waals surface area contributed by atoms with Crippen LogP contribution < -0.4 is 5.32 Å². The van der Waals surface area contributed by atoms with Gasteiger partial charge in [0.2, 0.25) is 0 Å². The van der Waals surface area contributed by atoms with Gasteiger partial charge in [-0.2, -0.15) is 5.26 Å². The van der Waals surface area contributed by atoms with E-state index in [1.165, 1.54) is 0 Å². The van der Waals surface area contributed by atoms with Crippen LogP contribution in [0.25, 0.3) is 0 Å². The van der Waals surface area contributed by atoms with E-state index in [1.807, 2.05) is 4.90 Å². The summed E-state index contributed by atoms with van der Waals surface area (Å²) in [5.41, 5.74) is 1.25. The second-order valence-corrected chi connectivity index (χ2v) is 5.22. The summed E-state index contributed by atoms with van der Waals surface area (Å²) >= 11 is 0. The molecule has 106 valence electrons. The van der Waals surface area contributed by atoms with Crippen molar-refractivity contribution in [3.05, 3.63) is 35.4 Å². The Morgan fingerprint density at radius 3 is 2.60 bits per heavy atom.